The second-order valence-corrected chi connectivity index (χ2v) is 45.5. The summed E-state index contributed by atoms with van der Waals surface area (Å²) in [7, 11) is 0. The summed E-state index contributed by atoms with van der Waals surface area (Å²) in [5.74, 6) is 7.20. The van der Waals surface area contributed by atoms with E-state index in [-0.39, 0.29) is 60.3 Å². The first-order chi connectivity index (χ1) is 32.9. The Morgan fingerprint density at radius 3 is 1.35 bits per heavy atom. The molecule has 72 heavy (non-hydrogen) atoms. The molecule has 0 saturated heterocycles. The van der Waals surface area contributed by atoms with E-state index in [1.54, 1.807) is 11.1 Å². The van der Waals surface area contributed by atoms with Gasteiger partial charge >= 0.3 is 50.5 Å². The molecular weight excluding hydrogens is 1460 g/mol. The van der Waals surface area contributed by atoms with Crippen LogP contribution >= 0.6 is 74.5 Å². The fourth-order valence-electron chi connectivity index (χ4n) is 22.0. The van der Waals surface area contributed by atoms with Crippen LogP contribution in [-0.2, 0) is 14.4 Å². The molecule has 0 aliphatic heterocycles. The molecule has 10 heteroatoms. The number of carbonyl (C=O) groups excluding carboxylic acids is 3. The first kappa shape index (κ1) is 63.2. The Hall–Kier alpha value is 2.06. The molecule has 0 aromatic heterocycles. The summed E-state index contributed by atoms with van der Waals surface area (Å²) in [6, 6.07) is 0. The minimum Gasteiger partial charge on any atom is -0.412 e. The van der Waals surface area contributed by atoms with Crippen molar-refractivity contribution in [2.75, 3.05) is 0 Å². The molecule has 2 unspecified atom stereocenters. The largest absolute Gasteiger partial charge is 0.412 e. The van der Waals surface area contributed by atoms with Gasteiger partial charge in [-0.25, -0.2) is 0 Å². The van der Waals surface area contributed by atoms with E-state index in [1.165, 1.54) is 51.4 Å². The number of rotatable bonds is 2. The standard InChI is InChI=1S/C31H50O2.C31H48O2.I3.I2.H2O/c2*1-19-11-16-31(21(3)32)18-17-29(7)22(26(31)20(19)2)9-10-24-28(6)14-13-25(33)27(4,5)23(28)12-15-30(24,29)8;1-3-2;1-2;/h9,19-20,23-26,33H,10-18H2,1-8H3;9,19-20,23-24,26H,10-18H2,1-8H3;;;1H2/q;;-1;;/t19-,20+,23?,24-,25+,26+,28+,29-,30-,31-;19-,20+,23?,24-,26+,28+,29-,30-,31-;;;/m11.../s1. The molecular formula is C62H100I5O5-. The van der Waals surface area contributed by atoms with Gasteiger partial charge in [0.1, 0.15) is 17.3 Å². The molecule has 414 valence electrons. The second kappa shape index (κ2) is 22.1. The molecule has 0 amide bonds. The van der Waals surface area contributed by atoms with E-state index in [0.717, 1.165) is 64.2 Å². The second-order valence-electron chi connectivity index (χ2n) is 29.3. The molecule has 10 aliphatic carbocycles. The summed E-state index contributed by atoms with van der Waals surface area (Å²) < 4.78 is 0. The van der Waals surface area contributed by atoms with Crippen LogP contribution in [-0.4, -0.2) is 34.0 Å². The molecule has 0 aromatic rings. The van der Waals surface area contributed by atoms with Gasteiger partial charge in [-0.1, -0.05) is 120 Å². The topological polar surface area (TPSA) is 103 Å². The van der Waals surface area contributed by atoms with Crippen LogP contribution < -0.4 is 13.3 Å². The Balaban J connectivity index is 0.000000213. The number of ketones is 3. The van der Waals surface area contributed by atoms with E-state index < -0.39 is 0 Å². The molecule has 10 rings (SSSR count). The van der Waals surface area contributed by atoms with Crippen molar-refractivity contribution in [1.29, 1.82) is 0 Å². The minimum absolute atomic E-state index is 0. The zero-order chi connectivity index (χ0) is 53.1. The van der Waals surface area contributed by atoms with Gasteiger partial charge in [-0.15, -0.1) is 0 Å². The van der Waals surface area contributed by atoms with Crippen molar-refractivity contribution in [1.82, 2.24) is 0 Å². The summed E-state index contributed by atoms with van der Waals surface area (Å²) in [5.41, 5.74) is 4.34. The third-order valence-corrected chi connectivity index (χ3v) is 27.1. The van der Waals surface area contributed by atoms with E-state index in [2.05, 4.69) is 184 Å². The predicted molar refractivity (Wildman–Crippen MR) is 330 cm³/mol. The maximum Gasteiger partial charge on any atom is -0.412 e. The summed E-state index contributed by atoms with van der Waals surface area (Å²) in [6.45, 7) is 38.3. The van der Waals surface area contributed by atoms with Crippen molar-refractivity contribution < 1.29 is 38.2 Å². The number of halogens is 5. The van der Waals surface area contributed by atoms with Gasteiger partial charge in [-0.3, -0.25) is 14.4 Å². The van der Waals surface area contributed by atoms with Crippen LogP contribution in [0.25, 0.3) is 0 Å². The Bertz CT molecular complexity index is 2120. The van der Waals surface area contributed by atoms with Crippen molar-refractivity contribution in [3.63, 3.8) is 0 Å². The van der Waals surface area contributed by atoms with Gasteiger partial charge in [0.2, 0.25) is 0 Å². The summed E-state index contributed by atoms with van der Waals surface area (Å²) in [6.07, 6.45) is 25.4. The van der Waals surface area contributed by atoms with E-state index >= 15 is 0 Å². The molecule has 8 saturated carbocycles. The van der Waals surface area contributed by atoms with Crippen molar-refractivity contribution in [2.45, 2.75) is 232 Å². The van der Waals surface area contributed by atoms with Gasteiger partial charge in [0.25, 0.3) is 0 Å². The average molecular weight is 1560 g/mol. The first-order valence-corrected chi connectivity index (χ1v) is 47.4. The SMILES string of the molecule is CC(=O)[C@]12CC[C@@H](C)[C@H](C)[C@H]1C1=CC[C@@H]3[C@@]4(C)CCC(=O)C(C)(C)C4CC[C@@]3(C)[C@]1(C)CC2.CC(=O)[C@]12CC[C@@H](C)[C@H](C)[C@H]1C1=CC[C@@H]3[C@@]4(C)CC[C@H](O)C(C)(C)C4CC[C@@]3(C)[C@]1(C)CC2.II.I[I-]I.O. The van der Waals surface area contributed by atoms with Crippen molar-refractivity contribution in [3.05, 3.63) is 23.3 Å². The van der Waals surface area contributed by atoms with Crippen LogP contribution in [0.2, 0.25) is 0 Å². The third kappa shape index (κ3) is 9.09. The number of aliphatic hydroxyl groups excluding tert-OH is 1. The third-order valence-electron chi connectivity index (χ3n) is 27.1. The molecule has 5 nitrogen and oxygen atoms in total. The smallest absolute Gasteiger partial charge is 0.412 e. The molecule has 3 N–H and O–H groups in total. The number of hydrogen-bond donors (Lipinski definition) is 1. The van der Waals surface area contributed by atoms with Gasteiger partial charge in [0.05, 0.1) is 6.10 Å². The van der Waals surface area contributed by atoms with Gasteiger partial charge in [-0.2, -0.15) is 0 Å². The van der Waals surface area contributed by atoms with E-state index in [4.69, 9.17) is 0 Å². The van der Waals surface area contributed by atoms with Crippen LogP contribution in [0.5, 0.6) is 0 Å². The number of hydrogen-bond acceptors (Lipinski definition) is 4. The Morgan fingerprint density at radius 1 is 0.556 bits per heavy atom. The maximum atomic E-state index is 13.2. The quantitative estimate of drug-likeness (QED) is 0.220. The number of Topliss-reactive ketones (excluding diaryl/α,β-unsaturated/α-hetero) is 3. The zero-order valence-electron chi connectivity index (χ0n) is 47.8. The fraction of sp³-hybridized carbons (Fsp3) is 0.887. The Labute approximate surface area is 493 Å². The van der Waals surface area contributed by atoms with Crippen LogP contribution in [0, 0.1) is 113 Å². The molecule has 19 atom stereocenters. The van der Waals surface area contributed by atoms with Gasteiger partial charge < -0.3 is 10.6 Å². The average Bonchev–Trinajstić information content (AvgIpc) is 3.30. The fourth-order valence-corrected chi connectivity index (χ4v) is 22.0. The molecule has 10 aliphatic rings. The number of fused-ring (bicyclic) bond motifs is 14. The summed E-state index contributed by atoms with van der Waals surface area (Å²) in [4.78, 5) is 39.4. The maximum absolute atomic E-state index is 13.2. The Kier molecular flexibility index (Phi) is 19.4. The van der Waals surface area contributed by atoms with Crippen molar-refractivity contribution in [2.24, 2.45) is 113 Å². The van der Waals surface area contributed by atoms with Gasteiger partial charge in [0, 0.05) is 59.9 Å². The summed E-state index contributed by atoms with van der Waals surface area (Å²) in [5, 5.41) is 10.9. The van der Waals surface area contributed by atoms with Crippen LogP contribution in [0.1, 0.15) is 226 Å². The molecule has 0 bridgehead atoms. The van der Waals surface area contributed by atoms with Crippen LogP contribution in [0.3, 0.4) is 0 Å². The van der Waals surface area contributed by atoms with Crippen LogP contribution in [0.15, 0.2) is 23.3 Å². The molecule has 0 radical (unpaired) electrons. The number of allylic oxidation sites excluding steroid dienone is 4. The van der Waals surface area contributed by atoms with Gasteiger partial charge in [0.15, 0.2) is 0 Å². The van der Waals surface area contributed by atoms with E-state index in [1.807, 2.05) is 13.8 Å². The minimum atomic E-state index is -0.192. The van der Waals surface area contributed by atoms with Gasteiger partial charge in [-0.05, 0) is 220 Å². The molecule has 0 aromatic carbocycles. The monoisotopic (exact) mass is 1560 g/mol. The first-order valence-electron chi connectivity index (χ1n) is 28.6. The van der Waals surface area contributed by atoms with Crippen LogP contribution in [0.4, 0.5) is 0 Å². The molecule has 8 fully saturated rings. The van der Waals surface area contributed by atoms with E-state index in [9.17, 15) is 19.5 Å². The van der Waals surface area contributed by atoms with Crippen molar-refractivity contribution in [3.8, 4) is 0 Å². The van der Waals surface area contributed by atoms with Crippen molar-refractivity contribution >= 4 is 91.8 Å². The summed E-state index contributed by atoms with van der Waals surface area (Å²) >= 11 is 9.54. The van der Waals surface area contributed by atoms with E-state index in [0.29, 0.717) is 95.2 Å². The Morgan fingerprint density at radius 2 is 0.944 bits per heavy atom. The zero-order valence-corrected chi connectivity index (χ0v) is 58.6. The predicted octanol–water partition coefficient (Wildman–Crippen LogP) is 15.1. The molecule has 0 heterocycles. The number of carbonyl (C=O) groups is 3. The normalized spacial score (nSPS) is 50.1. The molecule has 0 spiro atoms. The number of aliphatic hydroxyl groups is 1.